The van der Waals surface area contributed by atoms with Crippen LogP contribution in [0.4, 0.5) is 9.93 Å². The van der Waals surface area contributed by atoms with E-state index in [4.69, 9.17) is 23.2 Å². The molecule has 2 rings (SSSR count). The van der Waals surface area contributed by atoms with Crippen LogP contribution in [0.1, 0.15) is 11.4 Å². The van der Waals surface area contributed by atoms with E-state index >= 15 is 0 Å². The molecule has 5 nitrogen and oxygen atoms in total. The summed E-state index contributed by atoms with van der Waals surface area (Å²) in [6.45, 7) is 2.04. The Morgan fingerprint density at radius 2 is 2.21 bits per heavy atom. The summed E-state index contributed by atoms with van der Waals surface area (Å²) in [5, 5.41) is 6.61. The van der Waals surface area contributed by atoms with Crippen molar-refractivity contribution in [1.82, 2.24) is 14.7 Å². The lowest BCUT2D eigenvalue weighted by molar-refractivity contribution is 0.251. The Bertz CT molecular complexity index is 602. The van der Waals surface area contributed by atoms with Gasteiger partial charge in [-0.3, -0.25) is 5.32 Å². The number of hydrogen-bond donors (Lipinski definition) is 2. The molecule has 0 fully saturated rings. The van der Waals surface area contributed by atoms with E-state index in [1.165, 1.54) is 0 Å². The minimum absolute atomic E-state index is 0.281. The van der Waals surface area contributed by atoms with Crippen LogP contribution in [0.15, 0.2) is 18.2 Å². The fraction of sp³-hybridized carbons (Fsp3) is 0.182. The van der Waals surface area contributed by atoms with E-state index in [-0.39, 0.29) is 12.6 Å². The average molecular weight is 317 g/mol. The third kappa shape index (κ3) is 3.79. The molecule has 1 heterocycles. The summed E-state index contributed by atoms with van der Waals surface area (Å²) in [5.41, 5.74) is 0.748. The lowest BCUT2D eigenvalue weighted by Gasteiger charge is -2.07. The largest absolute Gasteiger partial charge is 0.334 e. The predicted octanol–water partition coefficient (Wildman–Crippen LogP) is 3.48. The number of halogens is 2. The molecule has 0 saturated carbocycles. The zero-order valence-electron chi connectivity index (χ0n) is 9.91. The number of rotatable bonds is 3. The molecule has 2 N–H and O–H groups in total. The number of urea groups is 1. The van der Waals surface area contributed by atoms with E-state index < -0.39 is 0 Å². The highest BCUT2D eigenvalue weighted by Gasteiger charge is 2.08. The molecule has 0 unspecified atom stereocenters. The van der Waals surface area contributed by atoms with Crippen molar-refractivity contribution in [2.24, 2.45) is 0 Å². The normalized spacial score (nSPS) is 10.3. The summed E-state index contributed by atoms with van der Waals surface area (Å²) in [6.07, 6.45) is 0. The number of hydrogen-bond acceptors (Lipinski definition) is 4. The number of nitrogens with zero attached hydrogens (tertiary/aromatic N) is 2. The van der Waals surface area contributed by atoms with E-state index in [9.17, 15) is 4.79 Å². The zero-order valence-corrected chi connectivity index (χ0v) is 12.2. The van der Waals surface area contributed by atoms with Crippen LogP contribution in [0.5, 0.6) is 0 Å². The van der Waals surface area contributed by atoms with E-state index in [0.29, 0.717) is 21.0 Å². The lowest BCUT2D eigenvalue weighted by Crippen LogP contribution is -2.28. The molecule has 1 aromatic carbocycles. The van der Waals surface area contributed by atoms with Gasteiger partial charge in [-0.2, -0.15) is 4.37 Å². The minimum atomic E-state index is -0.368. The van der Waals surface area contributed by atoms with Crippen molar-refractivity contribution < 1.29 is 4.79 Å². The molecule has 2 amide bonds. The van der Waals surface area contributed by atoms with Crippen molar-refractivity contribution in [3.8, 4) is 0 Å². The number of aromatic nitrogens is 2. The standard InChI is InChI=1S/C11H10Cl2N4OS/c1-6-15-11(19-17-6)16-10(18)14-5-7-3-2-4-8(12)9(7)13/h2-4H,5H2,1H3,(H2,14,15,16,17,18). The summed E-state index contributed by atoms with van der Waals surface area (Å²) in [6, 6.07) is 4.89. The van der Waals surface area contributed by atoms with E-state index in [0.717, 1.165) is 17.1 Å². The maximum absolute atomic E-state index is 11.6. The Morgan fingerprint density at radius 3 is 2.89 bits per heavy atom. The maximum Gasteiger partial charge on any atom is 0.321 e. The summed E-state index contributed by atoms with van der Waals surface area (Å²) in [5.74, 6) is 0.623. The highest BCUT2D eigenvalue weighted by molar-refractivity contribution is 7.09. The molecule has 0 aliphatic heterocycles. The number of benzene rings is 1. The second kappa shape index (κ2) is 6.18. The Hall–Kier alpha value is -1.37. The van der Waals surface area contributed by atoms with Crippen LogP contribution >= 0.6 is 34.7 Å². The molecular formula is C11H10Cl2N4OS. The van der Waals surface area contributed by atoms with Gasteiger partial charge in [0.25, 0.3) is 0 Å². The van der Waals surface area contributed by atoms with Crippen molar-refractivity contribution in [2.45, 2.75) is 13.5 Å². The molecule has 1 aromatic heterocycles. The number of amides is 2. The molecule has 100 valence electrons. The topological polar surface area (TPSA) is 66.9 Å². The van der Waals surface area contributed by atoms with Crippen LogP contribution in [0.3, 0.4) is 0 Å². The van der Waals surface area contributed by atoms with E-state index in [1.54, 1.807) is 25.1 Å². The molecule has 0 aliphatic carbocycles. The second-order valence-electron chi connectivity index (χ2n) is 3.67. The van der Waals surface area contributed by atoms with Crippen molar-refractivity contribution in [3.63, 3.8) is 0 Å². The molecule has 0 bridgehead atoms. The van der Waals surface area contributed by atoms with Crippen molar-refractivity contribution in [3.05, 3.63) is 39.6 Å². The van der Waals surface area contributed by atoms with Crippen molar-refractivity contribution in [1.29, 1.82) is 0 Å². The summed E-state index contributed by atoms with van der Waals surface area (Å²) in [4.78, 5) is 15.7. The third-order valence-electron chi connectivity index (χ3n) is 2.22. The number of anilines is 1. The number of carbonyl (C=O) groups is 1. The molecule has 0 aliphatic rings. The summed E-state index contributed by atoms with van der Waals surface area (Å²) < 4.78 is 3.96. The van der Waals surface area contributed by atoms with Gasteiger partial charge in [0.1, 0.15) is 5.82 Å². The van der Waals surface area contributed by atoms with Crippen molar-refractivity contribution in [2.75, 3.05) is 5.32 Å². The first kappa shape index (κ1) is 14.0. The highest BCUT2D eigenvalue weighted by atomic mass is 35.5. The second-order valence-corrected chi connectivity index (χ2v) is 5.20. The van der Waals surface area contributed by atoms with Gasteiger partial charge >= 0.3 is 6.03 Å². The summed E-state index contributed by atoms with van der Waals surface area (Å²) >= 11 is 13.0. The molecule has 0 atom stereocenters. The first-order valence-corrected chi connectivity index (χ1v) is 6.87. The van der Waals surface area contributed by atoms with Crippen LogP contribution < -0.4 is 10.6 Å². The molecule has 19 heavy (non-hydrogen) atoms. The molecule has 8 heteroatoms. The first-order chi connectivity index (χ1) is 9.06. The Kier molecular flexibility index (Phi) is 4.57. The quantitative estimate of drug-likeness (QED) is 0.911. The van der Waals surface area contributed by atoms with Gasteiger partial charge in [0.15, 0.2) is 0 Å². The van der Waals surface area contributed by atoms with Crippen LogP contribution in [-0.2, 0) is 6.54 Å². The zero-order chi connectivity index (χ0) is 13.8. The van der Waals surface area contributed by atoms with Crippen LogP contribution in [-0.4, -0.2) is 15.4 Å². The smallest absolute Gasteiger partial charge is 0.321 e. The van der Waals surface area contributed by atoms with Crippen LogP contribution in [0, 0.1) is 6.92 Å². The Labute approximate surface area is 124 Å². The Morgan fingerprint density at radius 1 is 1.42 bits per heavy atom. The maximum atomic E-state index is 11.6. The number of aryl methyl sites for hydroxylation is 1. The van der Waals surface area contributed by atoms with Gasteiger partial charge in [0, 0.05) is 18.1 Å². The number of nitrogens with one attached hydrogen (secondary N) is 2. The van der Waals surface area contributed by atoms with Gasteiger partial charge in [-0.05, 0) is 18.6 Å². The van der Waals surface area contributed by atoms with Crippen LogP contribution in [0.2, 0.25) is 10.0 Å². The van der Waals surface area contributed by atoms with Gasteiger partial charge in [-0.15, -0.1) is 0 Å². The lowest BCUT2D eigenvalue weighted by atomic mass is 10.2. The third-order valence-corrected chi connectivity index (χ3v) is 3.80. The van der Waals surface area contributed by atoms with Gasteiger partial charge < -0.3 is 5.32 Å². The molecular weight excluding hydrogens is 307 g/mol. The monoisotopic (exact) mass is 316 g/mol. The van der Waals surface area contributed by atoms with Crippen LogP contribution in [0.25, 0.3) is 0 Å². The SMILES string of the molecule is Cc1nsc(NC(=O)NCc2cccc(Cl)c2Cl)n1. The van der Waals surface area contributed by atoms with E-state index in [2.05, 4.69) is 20.0 Å². The fourth-order valence-corrected chi connectivity index (χ4v) is 2.31. The van der Waals surface area contributed by atoms with Gasteiger partial charge in [0.05, 0.1) is 10.0 Å². The van der Waals surface area contributed by atoms with Gasteiger partial charge in [-0.1, -0.05) is 35.3 Å². The molecule has 2 aromatic rings. The average Bonchev–Trinajstić information content (AvgIpc) is 2.76. The van der Waals surface area contributed by atoms with Gasteiger partial charge in [-0.25, -0.2) is 9.78 Å². The summed E-state index contributed by atoms with van der Waals surface area (Å²) in [7, 11) is 0. The fourth-order valence-electron chi connectivity index (χ4n) is 1.35. The number of carbonyl (C=O) groups excluding carboxylic acids is 1. The highest BCUT2D eigenvalue weighted by Crippen LogP contribution is 2.25. The predicted molar refractivity (Wildman–Crippen MR) is 77.0 cm³/mol. The molecule has 0 spiro atoms. The van der Waals surface area contributed by atoms with E-state index in [1.807, 2.05) is 0 Å². The Balaban J connectivity index is 1.91. The molecule has 0 radical (unpaired) electrons. The first-order valence-electron chi connectivity index (χ1n) is 5.34. The van der Waals surface area contributed by atoms with Crippen molar-refractivity contribution >= 4 is 45.9 Å². The minimum Gasteiger partial charge on any atom is -0.334 e. The van der Waals surface area contributed by atoms with Gasteiger partial charge in [0.2, 0.25) is 5.13 Å². The molecule has 0 saturated heterocycles.